The van der Waals surface area contributed by atoms with Crippen molar-refractivity contribution in [2.45, 2.75) is 0 Å². The molecule has 0 fully saturated rings. The molecule has 0 saturated heterocycles. The molecule has 12 heteroatoms. The van der Waals surface area contributed by atoms with E-state index in [0.717, 1.165) is 88.4 Å². The Morgan fingerprint density at radius 2 is 0.703 bits per heavy atom. The summed E-state index contributed by atoms with van der Waals surface area (Å²) < 4.78 is 4.47. The first-order valence-corrected chi connectivity index (χ1v) is 20.5. The van der Waals surface area contributed by atoms with Crippen LogP contribution in [-0.2, 0) is 0 Å². The molecule has 0 spiro atoms. The standard InChI is InChI=1S/C52H30N12/c53-29-36-7-1-2-8-37(36)48-46(63-42-13-9-32(49-55-17-3-18-56-49)25-38(42)39-26-33(10-14-43(39)63)50-57-19-4-20-58-50)30-54-31-47(48)64-44-15-11-34(51-59-21-5-22-60-51)27-40(44)41-28-35(12-16-45(41)64)52-61-23-6-24-62-52/h1-28,30-31H. The number of hydrogen-bond donors (Lipinski definition) is 0. The molecular formula is C52H30N12. The monoisotopic (exact) mass is 822 g/mol. The van der Waals surface area contributed by atoms with E-state index in [2.05, 4.69) is 104 Å². The minimum atomic E-state index is 0.525. The fraction of sp³-hybridized carbons (Fsp3) is 0. The van der Waals surface area contributed by atoms with E-state index in [4.69, 9.17) is 4.98 Å². The molecule has 0 saturated carbocycles. The Balaban J connectivity index is 1.18. The van der Waals surface area contributed by atoms with Crippen LogP contribution in [0.1, 0.15) is 5.56 Å². The Kier molecular flexibility index (Phi) is 8.55. The molecule has 64 heavy (non-hydrogen) atoms. The summed E-state index contributed by atoms with van der Waals surface area (Å²) in [6.45, 7) is 0. The van der Waals surface area contributed by atoms with Gasteiger partial charge in [-0.25, -0.2) is 39.9 Å². The molecular weight excluding hydrogens is 793 g/mol. The third kappa shape index (κ3) is 5.95. The molecule has 0 bridgehead atoms. The lowest BCUT2D eigenvalue weighted by Gasteiger charge is -2.20. The summed E-state index contributed by atoms with van der Waals surface area (Å²) in [7, 11) is 0. The van der Waals surface area contributed by atoms with Crippen molar-refractivity contribution in [2.75, 3.05) is 0 Å². The maximum Gasteiger partial charge on any atom is 0.159 e. The van der Waals surface area contributed by atoms with Crippen LogP contribution in [-0.4, -0.2) is 54.0 Å². The van der Waals surface area contributed by atoms with Crippen LogP contribution in [0.25, 0.3) is 112 Å². The van der Waals surface area contributed by atoms with Crippen molar-refractivity contribution >= 4 is 43.6 Å². The molecule has 0 aliphatic rings. The highest BCUT2D eigenvalue weighted by Crippen LogP contribution is 2.44. The molecule has 0 unspecified atom stereocenters. The van der Waals surface area contributed by atoms with Crippen LogP contribution in [0.15, 0.2) is 183 Å². The van der Waals surface area contributed by atoms with Crippen LogP contribution in [0.4, 0.5) is 0 Å². The van der Waals surface area contributed by atoms with Gasteiger partial charge in [-0.05, 0) is 103 Å². The molecule has 12 rings (SSSR count). The van der Waals surface area contributed by atoms with Crippen molar-refractivity contribution < 1.29 is 0 Å². The number of aromatic nitrogens is 11. The summed E-state index contributed by atoms with van der Waals surface area (Å²) in [5.74, 6) is 2.48. The van der Waals surface area contributed by atoms with Crippen LogP contribution < -0.4 is 0 Å². The van der Waals surface area contributed by atoms with Gasteiger partial charge in [0.1, 0.15) is 0 Å². The first-order chi connectivity index (χ1) is 31.7. The predicted octanol–water partition coefficient (Wildman–Crippen LogP) is 10.6. The van der Waals surface area contributed by atoms with Crippen LogP contribution in [0, 0.1) is 11.3 Å². The minimum Gasteiger partial charge on any atom is -0.307 e. The molecule has 0 amide bonds. The molecule has 7 aromatic heterocycles. The smallest absolute Gasteiger partial charge is 0.159 e. The van der Waals surface area contributed by atoms with Crippen molar-refractivity contribution in [3.05, 3.63) is 189 Å². The van der Waals surface area contributed by atoms with E-state index < -0.39 is 0 Å². The number of fused-ring (bicyclic) bond motifs is 6. The minimum absolute atomic E-state index is 0.525. The number of benzene rings is 5. The van der Waals surface area contributed by atoms with Crippen LogP contribution in [0.2, 0.25) is 0 Å². The molecule has 5 aromatic carbocycles. The topological polar surface area (TPSA) is 150 Å². The summed E-state index contributed by atoms with van der Waals surface area (Å²) in [6, 6.07) is 42.6. The SMILES string of the molecule is N#Cc1ccccc1-c1c(-n2c3ccc(-c4ncccn4)cc3c3cc(-c4ncccn4)ccc32)cncc1-n1c2ccc(-c3ncccn3)cc2c2cc(-c3ncccn3)ccc21. The lowest BCUT2D eigenvalue weighted by Crippen LogP contribution is -2.05. The maximum absolute atomic E-state index is 10.7. The van der Waals surface area contributed by atoms with E-state index >= 15 is 0 Å². The number of nitrogens with zero attached hydrogens (tertiary/aromatic N) is 12. The van der Waals surface area contributed by atoms with Crippen molar-refractivity contribution in [1.82, 2.24) is 54.0 Å². The van der Waals surface area contributed by atoms with Crippen molar-refractivity contribution in [2.24, 2.45) is 0 Å². The Bertz CT molecular complexity index is 3380. The van der Waals surface area contributed by atoms with Crippen LogP contribution >= 0.6 is 0 Å². The third-order valence-corrected chi connectivity index (χ3v) is 11.5. The van der Waals surface area contributed by atoms with E-state index in [1.165, 1.54) is 0 Å². The summed E-state index contributed by atoms with van der Waals surface area (Å²) in [5.41, 5.74) is 10.9. The van der Waals surface area contributed by atoms with Gasteiger partial charge in [-0.1, -0.05) is 18.2 Å². The zero-order valence-corrected chi connectivity index (χ0v) is 33.7. The second kappa shape index (κ2) is 15.0. The summed E-state index contributed by atoms with van der Waals surface area (Å²) >= 11 is 0. The molecule has 0 aliphatic carbocycles. The average molecular weight is 823 g/mol. The first kappa shape index (κ1) is 36.5. The van der Waals surface area contributed by atoms with E-state index in [1.54, 1.807) is 49.6 Å². The Hall–Kier alpha value is -9.34. The van der Waals surface area contributed by atoms with E-state index in [-0.39, 0.29) is 0 Å². The molecule has 12 nitrogen and oxygen atoms in total. The second-order valence-corrected chi connectivity index (χ2v) is 15.1. The van der Waals surface area contributed by atoms with Gasteiger partial charge in [0.05, 0.1) is 57.5 Å². The lowest BCUT2D eigenvalue weighted by molar-refractivity contribution is 1.09. The highest BCUT2D eigenvalue weighted by Gasteiger charge is 2.25. The average Bonchev–Trinajstić information content (AvgIpc) is 3.88. The van der Waals surface area contributed by atoms with Gasteiger partial charge < -0.3 is 9.13 Å². The first-order valence-electron chi connectivity index (χ1n) is 20.5. The number of hydrogen-bond acceptors (Lipinski definition) is 10. The van der Waals surface area contributed by atoms with E-state index in [1.807, 2.05) is 85.2 Å². The van der Waals surface area contributed by atoms with Gasteiger partial charge >= 0.3 is 0 Å². The molecule has 0 atom stereocenters. The van der Waals surface area contributed by atoms with Crippen LogP contribution in [0.5, 0.6) is 0 Å². The van der Waals surface area contributed by atoms with Crippen molar-refractivity contribution in [3.8, 4) is 74.1 Å². The zero-order valence-electron chi connectivity index (χ0n) is 33.7. The summed E-state index contributed by atoms with van der Waals surface area (Å²) in [5, 5.41) is 14.6. The number of nitriles is 1. The third-order valence-electron chi connectivity index (χ3n) is 11.5. The Morgan fingerprint density at radius 1 is 0.375 bits per heavy atom. The Morgan fingerprint density at radius 3 is 1.03 bits per heavy atom. The molecule has 12 aromatic rings. The van der Waals surface area contributed by atoms with Gasteiger partial charge in [-0.3, -0.25) is 4.98 Å². The van der Waals surface area contributed by atoms with Gasteiger partial charge in [0.25, 0.3) is 0 Å². The Labute approximate surface area is 364 Å². The van der Waals surface area contributed by atoms with E-state index in [0.29, 0.717) is 28.9 Å². The number of rotatable bonds is 7. The molecule has 0 radical (unpaired) electrons. The molecule has 7 heterocycles. The maximum atomic E-state index is 10.7. The summed E-state index contributed by atoms with van der Waals surface area (Å²) in [4.78, 5) is 41.7. The largest absolute Gasteiger partial charge is 0.307 e. The van der Waals surface area contributed by atoms with Crippen molar-refractivity contribution in [3.63, 3.8) is 0 Å². The quantitative estimate of drug-likeness (QED) is 0.152. The highest BCUT2D eigenvalue weighted by molar-refractivity contribution is 6.14. The molecule has 298 valence electrons. The fourth-order valence-electron chi connectivity index (χ4n) is 8.77. The predicted molar refractivity (Wildman–Crippen MR) is 247 cm³/mol. The normalized spacial score (nSPS) is 11.4. The second-order valence-electron chi connectivity index (χ2n) is 15.1. The van der Waals surface area contributed by atoms with Crippen LogP contribution in [0.3, 0.4) is 0 Å². The molecule has 0 aliphatic heterocycles. The number of pyridine rings is 1. The van der Waals surface area contributed by atoms with Gasteiger partial charge in [0.2, 0.25) is 0 Å². The fourth-order valence-corrected chi connectivity index (χ4v) is 8.77. The van der Waals surface area contributed by atoms with Gasteiger partial charge in [-0.2, -0.15) is 5.26 Å². The van der Waals surface area contributed by atoms with Gasteiger partial charge in [0.15, 0.2) is 23.3 Å². The summed E-state index contributed by atoms with van der Waals surface area (Å²) in [6.07, 6.45) is 17.8. The molecule has 0 N–H and O–H groups in total. The van der Waals surface area contributed by atoms with Gasteiger partial charge in [0, 0.05) is 105 Å². The van der Waals surface area contributed by atoms with Gasteiger partial charge in [-0.15, -0.1) is 0 Å². The van der Waals surface area contributed by atoms with Crippen molar-refractivity contribution in [1.29, 1.82) is 5.26 Å². The lowest BCUT2D eigenvalue weighted by atomic mass is 9.97. The zero-order chi connectivity index (χ0) is 42.6. The van der Waals surface area contributed by atoms with E-state index in [9.17, 15) is 5.26 Å². The highest BCUT2D eigenvalue weighted by atomic mass is 15.0.